The average molecular weight is 235 g/mol. The van der Waals surface area contributed by atoms with Crippen molar-refractivity contribution >= 4 is 0 Å². The molecular formula is C15H25NO. The Morgan fingerprint density at radius 1 is 1.18 bits per heavy atom. The van der Waals surface area contributed by atoms with Gasteiger partial charge in [0.2, 0.25) is 0 Å². The Balaban J connectivity index is 2.60. The third-order valence-corrected chi connectivity index (χ3v) is 2.86. The van der Waals surface area contributed by atoms with Crippen molar-refractivity contribution in [2.75, 3.05) is 6.54 Å². The maximum absolute atomic E-state index is 6.07. The number of para-hydroxylation sites is 1. The summed E-state index contributed by atoms with van der Waals surface area (Å²) in [5.74, 6) is 1.03. The molecule has 0 aliphatic rings. The van der Waals surface area contributed by atoms with Gasteiger partial charge in [-0.1, -0.05) is 45.9 Å². The van der Waals surface area contributed by atoms with E-state index < -0.39 is 0 Å². The van der Waals surface area contributed by atoms with E-state index in [1.54, 1.807) is 0 Å². The number of rotatable bonds is 7. The highest BCUT2D eigenvalue weighted by Crippen LogP contribution is 2.20. The predicted octanol–water partition coefficient (Wildman–Crippen LogP) is 3.40. The molecule has 1 N–H and O–H groups in total. The first-order valence-electron chi connectivity index (χ1n) is 6.65. The zero-order valence-electron chi connectivity index (χ0n) is 11.5. The van der Waals surface area contributed by atoms with E-state index in [0.717, 1.165) is 25.1 Å². The molecular weight excluding hydrogens is 210 g/mol. The van der Waals surface area contributed by atoms with Gasteiger partial charge in [0, 0.05) is 12.6 Å². The van der Waals surface area contributed by atoms with Crippen LogP contribution in [0.15, 0.2) is 24.3 Å². The highest BCUT2D eigenvalue weighted by Gasteiger charge is 2.10. The van der Waals surface area contributed by atoms with E-state index in [2.05, 4.69) is 51.2 Å². The summed E-state index contributed by atoms with van der Waals surface area (Å²) in [7, 11) is 0. The number of hydrogen-bond donors (Lipinski definition) is 1. The van der Waals surface area contributed by atoms with E-state index in [9.17, 15) is 0 Å². The monoisotopic (exact) mass is 235 g/mol. The first kappa shape index (κ1) is 14.0. The van der Waals surface area contributed by atoms with E-state index in [0.29, 0.717) is 6.04 Å². The minimum Gasteiger partial charge on any atom is -0.489 e. The second kappa shape index (κ2) is 7.33. The van der Waals surface area contributed by atoms with Crippen molar-refractivity contribution in [1.82, 2.24) is 5.32 Å². The Labute approximate surface area is 105 Å². The molecule has 2 nitrogen and oxygen atoms in total. The number of aryl methyl sites for hydroxylation is 1. The van der Waals surface area contributed by atoms with Gasteiger partial charge < -0.3 is 10.1 Å². The van der Waals surface area contributed by atoms with E-state index >= 15 is 0 Å². The summed E-state index contributed by atoms with van der Waals surface area (Å²) in [6, 6.07) is 8.82. The lowest BCUT2D eigenvalue weighted by molar-refractivity contribution is 0.188. The largest absolute Gasteiger partial charge is 0.489 e. The summed E-state index contributed by atoms with van der Waals surface area (Å²) >= 11 is 0. The molecule has 1 atom stereocenters. The van der Waals surface area contributed by atoms with Crippen molar-refractivity contribution in [3.05, 3.63) is 29.8 Å². The predicted molar refractivity (Wildman–Crippen MR) is 73.7 cm³/mol. The summed E-state index contributed by atoms with van der Waals surface area (Å²) in [5.41, 5.74) is 1.29. The molecule has 0 aliphatic heterocycles. The van der Waals surface area contributed by atoms with Crippen molar-refractivity contribution < 1.29 is 4.74 Å². The molecule has 1 aromatic rings. The molecule has 0 saturated carbocycles. The fourth-order valence-electron chi connectivity index (χ4n) is 1.73. The highest BCUT2D eigenvalue weighted by atomic mass is 16.5. The molecule has 0 spiro atoms. The number of nitrogens with one attached hydrogen (secondary N) is 1. The molecule has 0 radical (unpaired) electrons. The smallest absolute Gasteiger partial charge is 0.122 e. The Morgan fingerprint density at radius 3 is 2.47 bits per heavy atom. The van der Waals surface area contributed by atoms with E-state index in [4.69, 9.17) is 4.74 Å². The zero-order valence-corrected chi connectivity index (χ0v) is 11.5. The van der Waals surface area contributed by atoms with Crippen LogP contribution in [0.2, 0.25) is 0 Å². The third-order valence-electron chi connectivity index (χ3n) is 2.86. The van der Waals surface area contributed by atoms with Gasteiger partial charge in [0.05, 0.1) is 0 Å². The van der Waals surface area contributed by atoms with Crippen LogP contribution in [0.5, 0.6) is 5.75 Å². The zero-order chi connectivity index (χ0) is 12.7. The van der Waals surface area contributed by atoms with E-state index in [1.165, 1.54) is 5.56 Å². The normalized spacial score (nSPS) is 12.8. The van der Waals surface area contributed by atoms with Crippen LogP contribution < -0.4 is 10.1 Å². The van der Waals surface area contributed by atoms with E-state index in [-0.39, 0.29) is 6.10 Å². The Morgan fingerprint density at radius 2 is 1.88 bits per heavy atom. The number of ether oxygens (including phenoxy) is 1. The molecule has 2 heteroatoms. The molecule has 0 heterocycles. The first-order valence-corrected chi connectivity index (χ1v) is 6.65. The molecule has 0 saturated heterocycles. The highest BCUT2D eigenvalue weighted by molar-refractivity contribution is 5.33. The van der Waals surface area contributed by atoms with Crippen molar-refractivity contribution in [2.24, 2.45) is 0 Å². The summed E-state index contributed by atoms with van der Waals surface area (Å²) in [5, 5.41) is 3.43. The molecule has 0 bridgehead atoms. The second-order valence-electron chi connectivity index (χ2n) is 4.67. The van der Waals surface area contributed by atoms with Crippen LogP contribution in [0, 0.1) is 0 Å². The molecule has 0 aromatic heterocycles. The summed E-state index contributed by atoms with van der Waals surface area (Å²) in [6.45, 7) is 9.56. The summed E-state index contributed by atoms with van der Waals surface area (Å²) in [4.78, 5) is 0. The van der Waals surface area contributed by atoms with Crippen LogP contribution in [0.25, 0.3) is 0 Å². The Bertz CT molecular complexity index is 322. The van der Waals surface area contributed by atoms with Crippen molar-refractivity contribution in [3.63, 3.8) is 0 Å². The van der Waals surface area contributed by atoms with Gasteiger partial charge in [-0.25, -0.2) is 0 Å². The maximum atomic E-state index is 6.07. The van der Waals surface area contributed by atoms with Crippen molar-refractivity contribution in [3.8, 4) is 5.75 Å². The minimum absolute atomic E-state index is 0.255. The fourth-order valence-corrected chi connectivity index (χ4v) is 1.73. The third kappa shape index (κ3) is 4.78. The number of benzene rings is 1. The maximum Gasteiger partial charge on any atom is 0.122 e. The van der Waals surface area contributed by atoms with Gasteiger partial charge in [0.1, 0.15) is 11.9 Å². The second-order valence-corrected chi connectivity index (χ2v) is 4.67. The summed E-state index contributed by atoms with van der Waals surface area (Å²) in [6.07, 6.45) is 2.30. The topological polar surface area (TPSA) is 21.3 Å². The average Bonchev–Trinajstić information content (AvgIpc) is 2.34. The van der Waals surface area contributed by atoms with Gasteiger partial charge in [0.25, 0.3) is 0 Å². The van der Waals surface area contributed by atoms with Gasteiger partial charge in [-0.15, -0.1) is 0 Å². The number of hydrogen-bond acceptors (Lipinski definition) is 2. The quantitative estimate of drug-likeness (QED) is 0.782. The molecule has 96 valence electrons. The summed E-state index contributed by atoms with van der Waals surface area (Å²) < 4.78 is 6.07. The van der Waals surface area contributed by atoms with Gasteiger partial charge in [0.15, 0.2) is 0 Å². The molecule has 1 aromatic carbocycles. The molecule has 1 unspecified atom stereocenters. The Kier molecular flexibility index (Phi) is 6.06. The van der Waals surface area contributed by atoms with Crippen molar-refractivity contribution in [2.45, 2.75) is 52.7 Å². The van der Waals surface area contributed by atoms with Gasteiger partial charge in [-0.3, -0.25) is 0 Å². The standard InChI is InChI=1S/C15H25NO/c1-5-13-9-7-8-10-15(13)17-14(6-2)11-16-12(3)4/h7-10,12,14,16H,5-6,11H2,1-4H3. The molecule has 0 aliphatic carbocycles. The lowest BCUT2D eigenvalue weighted by Crippen LogP contribution is -2.35. The molecule has 17 heavy (non-hydrogen) atoms. The lowest BCUT2D eigenvalue weighted by atomic mass is 10.1. The first-order chi connectivity index (χ1) is 8.17. The van der Waals surface area contributed by atoms with Gasteiger partial charge in [-0.2, -0.15) is 0 Å². The van der Waals surface area contributed by atoms with Crippen LogP contribution in [0.3, 0.4) is 0 Å². The van der Waals surface area contributed by atoms with Gasteiger partial charge in [-0.05, 0) is 24.5 Å². The van der Waals surface area contributed by atoms with Crippen LogP contribution in [0.1, 0.15) is 39.7 Å². The van der Waals surface area contributed by atoms with Gasteiger partial charge >= 0.3 is 0 Å². The van der Waals surface area contributed by atoms with Crippen molar-refractivity contribution in [1.29, 1.82) is 0 Å². The Hall–Kier alpha value is -1.02. The van der Waals surface area contributed by atoms with Crippen LogP contribution in [-0.2, 0) is 6.42 Å². The fraction of sp³-hybridized carbons (Fsp3) is 0.600. The lowest BCUT2D eigenvalue weighted by Gasteiger charge is -2.21. The molecule has 0 amide bonds. The SMILES string of the molecule is CCc1ccccc1OC(CC)CNC(C)C. The molecule has 1 rings (SSSR count). The van der Waals surface area contributed by atoms with Crippen LogP contribution in [0.4, 0.5) is 0 Å². The van der Waals surface area contributed by atoms with E-state index in [1.807, 2.05) is 6.07 Å². The molecule has 0 fully saturated rings. The van der Waals surface area contributed by atoms with Crippen LogP contribution in [-0.4, -0.2) is 18.7 Å². The van der Waals surface area contributed by atoms with Crippen LogP contribution >= 0.6 is 0 Å². The minimum atomic E-state index is 0.255.